The quantitative estimate of drug-likeness (QED) is 0.855. The fraction of sp³-hybridized carbons (Fsp3) is 0.765. The van der Waals surface area contributed by atoms with Gasteiger partial charge in [0.05, 0.1) is 11.2 Å². The SMILES string of the molecule is CCN1CCC[C@@H]1[C@H]1CCCN1C(=O)c1cnc(C2CC2)s1. The lowest BCUT2D eigenvalue weighted by Gasteiger charge is -2.34. The summed E-state index contributed by atoms with van der Waals surface area (Å²) in [4.78, 5) is 23.0. The van der Waals surface area contributed by atoms with Crippen molar-refractivity contribution >= 4 is 17.2 Å². The molecule has 5 heteroatoms. The normalized spacial score (nSPS) is 29.4. The molecule has 0 bridgehead atoms. The number of carbonyl (C=O) groups excluding carboxylic acids is 1. The van der Waals surface area contributed by atoms with E-state index in [4.69, 9.17) is 0 Å². The second-order valence-electron chi connectivity index (χ2n) is 6.88. The maximum Gasteiger partial charge on any atom is 0.265 e. The molecule has 2 atom stereocenters. The Morgan fingerprint density at radius 3 is 2.77 bits per heavy atom. The molecule has 2 aliphatic heterocycles. The zero-order valence-corrected chi connectivity index (χ0v) is 14.1. The van der Waals surface area contributed by atoms with Gasteiger partial charge >= 0.3 is 0 Å². The van der Waals surface area contributed by atoms with E-state index in [2.05, 4.69) is 21.7 Å². The molecule has 0 unspecified atom stereocenters. The van der Waals surface area contributed by atoms with Crippen molar-refractivity contribution < 1.29 is 4.79 Å². The highest BCUT2D eigenvalue weighted by Gasteiger charge is 2.40. The van der Waals surface area contributed by atoms with Crippen molar-refractivity contribution in [2.75, 3.05) is 19.6 Å². The van der Waals surface area contributed by atoms with Crippen LogP contribution in [0.4, 0.5) is 0 Å². The molecule has 0 spiro atoms. The van der Waals surface area contributed by atoms with E-state index in [0.717, 1.165) is 24.4 Å². The monoisotopic (exact) mass is 319 g/mol. The van der Waals surface area contributed by atoms with Gasteiger partial charge in [-0.15, -0.1) is 11.3 Å². The number of likely N-dealkylation sites (tertiary alicyclic amines) is 2. The number of likely N-dealkylation sites (N-methyl/N-ethyl adjacent to an activating group) is 1. The maximum atomic E-state index is 12.9. The third-order valence-electron chi connectivity index (χ3n) is 5.49. The third-order valence-corrected chi connectivity index (χ3v) is 6.63. The van der Waals surface area contributed by atoms with E-state index in [1.807, 2.05) is 6.20 Å². The molecule has 0 aromatic carbocycles. The Balaban J connectivity index is 1.50. The molecule has 1 aliphatic carbocycles. The molecule has 1 amide bonds. The highest BCUT2D eigenvalue weighted by molar-refractivity contribution is 7.13. The van der Waals surface area contributed by atoms with Gasteiger partial charge in [-0.25, -0.2) is 4.98 Å². The number of carbonyl (C=O) groups is 1. The lowest BCUT2D eigenvalue weighted by Crippen LogP contribution is -2.48. The van der Waals surface area contributed by atoms with Gasteiger partial charge in [0.25, 0.3) is 5.91 Å². The highest BCUT2D eigenvalue weighted by Crippen LogP contribution is 2.42. The standard InChI is InChI=1S/C17H25N3OS/c1-2-19-9-3-5-13(19)14-6-4-10-20(14)17(21)15-11-18-16(22-15)12-7-8-12/h11-14H,2-10H2,1H3/t13-,14-/m1/s1. The van der Waals surface area contributed by atoms with Crippen molar-refractivity contribution in [2.45, 2.75) is 63.5 Å². The van der Waals surface area contributed by atoms with Gasteiger partial charge in [0.2, 0.25) is 0 Å². The summed E-state index contributed by atoms with van der Waals surface area (Å²) in [6.07, 6.45) is 9.17. The van der Waals surface area contributed by atoms with Crippen LogP contribution in [0.15, 0.2) is 6.20 Å². The Hall–Kier alpha value is -0.940. The van der Waals surface area contributed by atoms with Crippen LogP contribution in [0.1, 0.15) is 66.0 Å². The van der Waals surface area contributed by atoms with Crippen molar-refractivity contribution in [3.8, 4) is 0 Å². The van der Waals surface area contributed by atoms with E-state index in [9.17, 15) is 4.79 Å². The number of nitrogens with zero attached hydrogens (tertiary/aromatic N) is 3. The molecule has 22 heavy (non-hydrogen) atoms. The van der Waals surface area contributed by atoms with Crippen LogP contribution in [0.5, 0.6) is 0 Å². The molecule has 1 aromatic heterocycles. The Bertz CT molecular complexity index is 554. The first kappa shape index (κ1) is 14.6. The van der Waals surface area contributed by atoms with Crippen molar-refractivity contribution in [2.24, 2.45) is 0 Å². The molecule has 1 aromatic rings. The summed E-state index contributed by atoms with van der Waals surface area (Å²) in [5, 5.41) is 1.18. The highest BCUT2D eigenvalue weighted by atomic mass is 32.1. The van der Waals surface area contributed by atoms with Crippen LogP contribution in [0, 0.1) is 0 Å². The van der Waals surface area contributed by atoms with Crippen molar-refractivity contribution in [3.63, 3.8) is 0 Å². The summed E-state index contributed by atoms with van der Waals surface area (Å²) in [5.74, 6) is 0.876. The number of aromatic nitrogens is 1. The molecule has 2 saturated heterocycles. The Kier molecular flexibility index (Phi) is 3.95. The summed E-state index contributed by atoms with van der Waals surface area (Å²) in [6, 6.07) is 0.994. The topological polar surface area (TPSA) is 36.4 Å². The van der Waals surface area contributed by atoms with Gasteiger partial charge in [-0.3, -0.25) is 9.69 Å². The summed E-state index contributed by atoms with van der Waals surface area (Å²) in [7, 11) is 0. The molecule has 3 aliphatic rings. The fourth-order valence-electron chi connectivity index (χ4n) is 4.17. The number of hydrogen-bond acceptors (Lipinski definition) is 4. The van der Waals surface area contributed by atoms with Gasteiger partial charge in [-0.2, -0.15) is 0 Å². The van der Waals surface area contributed by atoms with Crippen molar-refractivity contribution in [1.29, 1.82) is 0 Å². The second kappa shape index (κ2) is 5.93. The van der Waals surface area contributed by atoms with E-state index in [1.165, 1.54) is 43.7 Å². The maximum absolute atomic E-state index is 12.9. The fourth-order valence-corrected chi connectivity index (χ4v) is 5.22. The van der Waals surface area contributed by atoms with Gasteiger partial charge in [0.1, 0.15) is 4.88 Å². The molecule has 0 N–H and O–H groups in total. The molecule has 4 nitrogen and oxygen atoms in total. The van der Waals surface area contributed by atoms with Crippen LogP contribution in [0.3, 0.4) is 0 Å². The van der Waals surface area contributed by atoms with Gasteiger partial charge in [-0.05, 0) is 51.6 Å². The number of hydrogen-bond donors (Lipinski definition) is 0. The Morgan fingerprint density at radius 2 is 2.00 bits per heavy atom. The van der Waals surface area contributed by atoms with Crippen LogP contribution < -0.4 is 0 Å². The number of rotatable bonds is 4. The smallest absolute Gasteiger partial charge is 0.265 e. The van der Waals surface area contributed by atoms with E-state index < -0.39 is 0 Å². The predicted octanol–water partition coefficient (Wildman–Crippen LogP) is 3.11. The first-order valence-corrected chi connectivity index (χ1v) is 9.60. The van der Waals surface area contributed by atoms with E-state index in [0.29, 0.717) is 18.0 Å². The van der Waals surface area contributed by atoms with E-state index in [1.54, 1.807) is 11.3 Å². The molecule has 3 fully saturated rings. The summed E-state index contributed by atoms with van der Waals surface area (Å²) < 4.78 is 0. The van der Waals surface area contributed by atoms with Gasteiger partial charge in [-0.1, -0.05) is 6.92 Å². The number of thiazole rings is 1. The molecule has 120 valence electrons. The minimum atomic E-state index is 0.231. The Labute approximate surface area is 136 Å². The van der Waals surface area contributed by atoms with Crippen molar-refractivity contribution in [1.82, 2.24) is 14.8 Å². The first-order chi connectivity index (χ1) is 10.8. The van der Waals surface area contributed by atoms with E-state index in [-0.39, 0.29) is 5.91 Å². The van der Waals surface area contributed by atoms with E-state index >= 15 is 0 Å². The minimum Gasteiger partial charge on any atom is -0.333 e. The molecular weight excluding hydrogens is 294 g/mol. The van der Waals surface area contributed by atoms with Crippen LogP contribution >= 0.6 is 11.3 Å². The van der Waals surface area contributed by atoms with Gasteiger partial charge in [0.15, 0.2) is 0 Å². The average Bonchev–Trinajstić information content (AvgIpc) is 3.01. The van der Waals surface area contributed by atoms with Crippen LogP contribution in [0.2, 0.25) is 0 Å². The summed E-state index contributed by atoms with van der Waals surface area (Å²) >= 11 is 1.63. The second-order valence-corrected chi connectivity index (χ2v) is 7.95. The Morgan fingerprint density at radius 1 is 1.23 bits per heavy atom. The number of amides is 1. The summed E-state index contributed by atoms with van der Waals surface area (Å²) in [5.41, 5.74) is 0. The third kappa shape index (κ3) is 2.58. The lowest BCUT2D eigenvalue weighted by molar-refractivity contribution is 0.0654. The predicted molar refractivity (Wildman–Crippen MR) is 88.4 cm³/mol. The van der Waals surface area contributed by atoms with Gasteiger partial charge < -0.3 is 4.90 Å². The summed E-state index contributed by atoms with van der Waals surface area (Å²) in [6.45, 7) is 5.47. The zero-order valence-electron chi connectivity index (χ0n) is 13.3. The van der Waals surface area contributed by atoms with Crippen LogP contribution in [-0.2, 0) is 0 Å². The minimum absolute atomic E-state index is 0.231. The van der Waals surface area contributed by atoms with Crippen LogP contribution in [-0.4, -0.2) is 52.4 Å². The largest absolute Gasteiger partial charge is 0.333 e. The first-order valence-electron chi connectivity index (χ1n) is 8.78. The molecule has 4 rings (SSSR count). The lowest BCUT2D eigenvalue weighted by atomic mass is 10.0. The van der Waals surface area contributed by atoms with Gasteiger partial charge in [0, 0.05) is 24.5 Å². The molecule has 0 radical (unpaired) electrons. The molecule has 3 heterocycles. The molecule has 1 saturated carbocycles. The van der Waals surface area contributed by atoms with Crippen molar-refractivity contribution in [3.05, 3.63) is 16.1 Å². The van der Waals surface area contributed by atoms with Crippen LogP contribution in [0.25, 0.3) is 0 Å². The average molecular weight is 319 g/mol. The molecular formula is C17H25N3OS. The zero-order chi connectivity index (χ0) is 15.1.